The molecule has 4 unspecified atom stereocenters. The highest BCUT2D eigenvalue weighted by atomic mass is 15.0. The molecule has 1 heteroatoms. The first-order valence-electron chi connectivity index (χ1n) is 5.53. The van der Waals surface area contributed by atoms with Gasteiger partial charge >= 0.3 is 0 Å². The fourth-order valence-electron chi connectivity index (χ4n) is 3.22. The normalized spacial score (nSPS) is 47.4. The Bertz CT molecular complexity index is 254. The highest BCUT2D eigenvalue weighted by molar-refractivity contribution is 5.14. The summed E-state index contributed by atoms with van der Waals surface area (Å²) < 4.78 is 0. The molecular weight excluding hydrogens is 158 g/mol. The van der Waals surface area contributed by atoms with Crippen LogP contribution >= 0.6 is 0 Å². The molecule has 0 aromatic rings. The van der Waals surface area contributed by atoms with Crippen LogP contribution in [0, 0.1) is 11.8 Å². The first kappa shape index (κ1) is 7.81. The van der Waals surface area contributed by atoms with Crippen LogP contribution in [-0.4, -0.2) is 12.1 Å². The molecular formula is C12H17N. The lowest BCUT2D eigenvalue weighted by molar-refractivity contribution is 0.379. The molecule has 0 spiro atoms. The van der Waals surface area contributed by atoms with Gasteiger partial charge in [-0.15, -0.1) is 0 Å². The van der Waals surface area contributed by atoms with Crippen molar-refractivity contribution >= 4 is 0 Å². The largest absolute Gasteiger partial charge is 0.310 e. The lowest BCUT2D eigenvalue weighted by Crippen LogP contribution is -2.32. The fraction of sp³-hybridized carbons (Fsp3) is 0.667. The Hall–Kier alpha value is -0.560. The van der Waals surface area contributed by atoms with Gasteiger partial charge in [0.1, 0.15) is 0 Å². The maximum atomic E-state index is 3.79. The smallest absolute Gasteiger partial charge is 0.0142 e. The van der Waals surface area contributed by atoms with Crippen molar-refractivity contribution in [3.05, 3.63) is 24.3 Å². The van der Waals surface area contributed by atoms with E-state index < -0.39 is 0 Å². The Morgan fingerprint density at radius 1 is 1.00 bits per heavy atom. The molecule has 2 aliphatic carbocycles. The average molecular weight is 175 g/mol. The molecule has 0 saturated carbocycles. The van der Waals surface area contributed by atoms with Gasteiger partial charge in [-0.2, -0.15) is 0 Å². The van der Waals surface area contributed by atoms with E-state index in [1.807, 2.05) is 0 Å². The van der Waals surface area contributed by atoms with E-state index in [-0.39, 0.29) is 0 Å². The van der Waals surface area contributed by atoms with E-state index in [4.69, 9.17) is 0 Å². The van der Waals surface area contributed by atoms with E-state index >= 15 is 0 Å². The van der Waals surface area contributed by atoms with Crippen LogP contribution in [-0.2, 0) is 0 Å². The van der Waals surface area contributed by atoms with Crippen molar-refractivity contribution in [2.24, 2.45) is 11.8 Å². The predicted octanol–water partition coefficient (Wildman–Crippen LogP) is 2.26. The molecule has 0 aromatic heterocycles. The second-order valence-electron chi connectivity index (χ2n) is 4.57. The molecule has 70 valence electrons. The first-order valence-corrected chi connectivity index (χ1v) is 5.53. The van der Waals surface area contributed by atoms with E-state index in [1.54, 1.807) is 0 Å². The van der Waals surface area contributed by atoms with Gasteiger partial charge in [0, 0.05) is 12.1 Å². The molecule has 1 N–H and O–H groups in total. The van der Waals surface area contributed by atoms with Gasteiger partial charge < -0.3 is 5.32 Å². The zero-order valence-corrected chi connectivity index (χ0v) is 7.95. The van der Waals surface area contributed by atoms with Crippen LogP contribution in [0.2, 0.25) is 0 Å². The summed E-state index contributed by atoms with van der Waals surface area (Å²) in [5.74, 6) is 1.73. The van der Waals surface area contributed by atoms with Crippen LogP contribution in [0.4, 0.5) is 0 Å². The minimum atomic E-state index is 0.780. The van der Waals surface area contributed by atoms with Crippen LogP contribution in [0.5, 0.6) is 0 Å². The molecule has 0 amide bonds. The molecule has 0 aromatic carbocycles. The second kappa shape index (κ2) is 2.98. The fourth-order valence-corrected chi connectivity index (χ4v) is 3.22. The Morgan fingerprint density at radius 3 is 2.92 bits per heavy atom. The van der Waals surface area contributed by atoms with Crippen LogP contribution in [0.1, 0.15) is 25.7 Å². The summed E-state index contributed by atoms with van der Waals surface area (Å²) in [4.78, 5) is 0. The zero-order chi connectivity index (χ0) is 8.67. The number of fused-ring (bicyclic) bond motifs is 3. The molecule has 3 rings (SSSR count). The zero-order valence-electron chi connectivity index (χ0n) is 7.95. The third-order valence-corrected chi connectivity index (χ3v) is 3.87. The number of hydrogen-bond donors (Lipinski definition) is 1. The van der Waals surface area contributed by atoms with Gasteiger partial charge in [-0.1, -0.05) is 24.3 Å². The molecule has 1 fully saturated rings. The topological polar surface area (TPSA) is 12.0 Å². The Kier molecular flexibility index (Phi) is 1.79. The van der Waals surface area contributed by atoms with Crippen molar-refractivity contribution in [1.82, 2.24) is 5.32 Å². The van der Waals surface area contributed by atoms with Gasteiger partial charge in [0.15, 0.2) is 0 Å². The monoisotopic (exact) mass is 175 g/mol. The molecule has 0 radical (unpaired) electrons. The summed E-state index contributed by atoms with van der Waals surface area (Å²) in [5.41, 5.74) is 0. The predicted molar refractivity (Wildman–Crippen MR) is 54.4 cm³/mol. The van der Waals surface area contributed by atoms with E-state index in [0.717, 1.165) is 23.9 Å². The van der Waals surface area contributed by atoms with Crippen molar-refractivity contribution < 1.29 is 0 Å². The SMILES string of the molecule is C1=CC2C(CC1)NC1CC=CCC12. The van der Waals surface area contributed by atoms with Gasteiger partial charge in [0.25, 0.3) is 0 Å². The Labute approximate surface area is 79.9 Å². The third-order valence-electron chi connectivity index (χ3n) is 3.87. The summed E-state index contributed by atoms with van der Waals surface area (Å²) >= 11 is 0. The highest BCUT2D eigenvalue weighted by Crippen LogP contribution is 2.39. The van der Waals surface area contributed by atoms with Gasteiger partial charge in [0.2, 0.25) is 0 Å². The second-order valence-corrected chi connectivity index (χ2v) is 4.57. The molecule has 4 atom stereocenters. The maximum absolute atomic E-state index is 3.79. The van der Waals surface area contributed by atoms with Crippen LogP contribution in [0.15, 0.2) is 24.3 Å². The van der Waals surface area contributed by atoms with Gasteiger partial charge in [-0.05, 0) is 37.5 Å². The van der Waals surface area contributed by atoms with E-state index in [0.29, 0.717) is 0 Å². The third kappa shape index (κ3) is 1.18. The Balaban J connectivity index is 1.86. The highest BCUT2D eigenvalue weighted by Gasteiger charge is 2.41. The lowest BCUT2D eigenvalue weighted by atomic mass is 9.78. The lowest BCUT2D eigenvalue weighted by Gasteiger charge is -2.25. The molecule has 1 saturated heterocycles. The molecule has 1 nitrogen and oxygen atoms in total. The molecule has 3 aliphatic rings. The Morgan fingerprint density at radius 2 is 1.92 bits per heavy atom. The number of nitrogens with one attached hydrogen (secondary N) is 1. The number of rotatable bonds is 0. The van der Waals surface area contributed by atoms with E-state index in [9.17, 15) is 0 Å². The first-order chi connectivity index (χ1) is 6.45. The number of hydrogen-bond acceptors (Lipinski definition) is 1. The quantitative estimate of drug-likeness (QED) is 0.557. The van der Waals surface area contributed by atoms with E-state index in [2.05, 4.69) is 29.6 Å². The van der Waals surface area contributed by atoms with Gasteiger partial charge in [-0.3, -0.25) is 0 Å². The van der Waals surface area contributed by atoms with Gasteiger partial charge in [0.05, 0.1) is 0 Å². The summed E-state index contributed by atoms with van der Waals surface area (Å²) in [5, 5.41) is 3.79. The van der Waals surface area contributed by atoms with E-state index in [1.165, 1.54) is 25.7 Å². The minimum Gasteiger partial charge on any atom is -0.310 e. The van der Waals surface area contributed by atoms with Crippen molar-refractivity contribution in [3.63, 3.8) is 0 Å². The standard InChI is InChI=1S/C12H17N/c1-3-7-11-9(5-1)10-6-2-4-8-12(10)13-11/h1-3,6,9-13H,4-5,7-8H2. The van der Waals surface area contributed by atoms with Crippen molar-refractivity contribution in [3.8, 4) is 0 Å². The van der Waals surface area contributed by atoms with Crippen molar-refractivity contribution in [2.45, 2.75) is 37.8 Å². The number of allylic oxidation sites excluding steroid dienone is 2. The molecule has 1 heterocycles. The van der Waals surface area contributed by atoms with Crippen LogP contribution < -0.4 is 5.32 Å². The summed E-state index contributed by atoms with van der Waals surface area (Å²) in [7, 11) is 0. The van der Waals surface area contributed by atoms with Crippen molar-refractivity contribution in [2.75, 3.05) is 0 Å². The summed E-state index contributed by atoms with van der Waals surface area (Å²) in [6.07, 6.45) is 14.7. The van der Waals surface area contributed by atoms with Crippen LogP contribution in [0.25, 0.3) is 0 Å². The molecule has 0 bridgehead atoms. The average Bonchev–Trinajstić information content (AvgIpc) is 2.56. The minimum absolute atomic E-state index is 0.780. The summed E-state index contributed by atoms with van der Waals surface area (Å²) in [6.45, 7) is 0. The van der Waals surface area contributed by atoms with Gasteiger partial charge in [-0.25, -0.2) is 0 Å². The molecule has 1 aliphatic heterocycles. The van der Waals surface area contributed by atoms with Crippen LogP contribution in [0.3, 0.4) is 0 Å². The van der Waals surface area contributed by atoms with Crippen molar-refractivity contribution in [1.29, 1.82) is 0 Å². The summed E-state index contributed by atoms with van der Waals surface area (Å²) in [6, 6.07) is 1.57. The maximum Gasteiger partial charge on any atom is 0.0142 e. The molecule has 13 heavy (non-hydrogen) atoms.